The zero-order valence-corrected chi connectivity index (χ0v) is 10.7. The number of aryl methyl sites for hydroxylation is 1. The lowest BCUT2D eigenvalue weighted by Gasteiger charge is -2.10. The van der Waals surface area contributed by atoms with Gasteiger partial charge in [-0.25, -0.2) is 0 Å². The van der Waals surface area contributed by atoms with Crippen molar-refractivity contribution in [1.29, 1.82) is 0 Å². The maximum absolute atomic E-state index is 11.6. The van der Waals surface area contributed by atoms with Crippen molar-refractivity contribution in [3.63, 3.8) is 0 Å². The molecule has 0 bridgehead atoms. The Bertz CT molecular complexity index is 346. The number of hydrogen-bond acceptors (Lipinski definition) is 2. The molecular weight excluding hydrogens is 212 g/mol. The molecule has 17 heavy (non-hydrogen) atoms. The van der Waals surface area contributed by atoms with Crippen LogP contribution < -0.4 is 11.1 Å². The van der Waals surface area contributed by atoms with Crippen molar-refractivity contribution in [2.75, 3.05) is 0 Å². The van der Waals surface area contributed by atoms with Crippen LogP contribution >= 0.6 is 0 Å². The molecule has 1 aromatic rings. The molecule has 0 spiro atoms. The molecule has 0 saturated heterocycles. The summed E-state index contributed by atoms with van der Waals surface area (Å²) in [7, 11) is 0. The third-order valence-electron chi connectivity index (χ3n) is 2.72. The third kappa shape index (κ3) is 5.50. The summed E-state index contributed by atoms with van der Waals surface area (Å²) in [6.07, 6.45) is 2.34. The van der Waals surface area contributed by atoms with Crippen LogP contribution in [-0.4, -0.2) is 11.9 Å². The first-order valence-corrected chi connectivity index (χ1v) is 6.19. The van der Waals surface area contributed by atoms with Crippen molar-refractivity contribution < 1.29 is 4.79 Å². The van der Waals surface area contributed by atoms with E-state index in [1.54, 1.807) is 0 Å². The minimum absolute atomic E-state index is 0.0157. The lowest BCUT2D eigenvalue weighted by Crippen LogP contribution is -2.31. The highest BCUT2D eigenvalue weighted by Gasteiger charge is 2.07. The van der Waals surface area contributed by atoms with Crippen molar-refractivity contribution in [2.24, 2.45) is 5.73 Å². The standard InChI is InChI=1S/C14H22N2O/c1-3-4-13(15)9-14(17)16-10-12-7-5-11(2)6-8-12/h5-8,13H,3-4,9-10,15H2,1-2H3,(H,16,17). The average Bonchev–Trinajstić information content (AvgIpc) is 2.28. The molecule has 0 aliphatic carbocycles. The molecule has 1 rings (SSSR count). The lowest BCUT2D eigenvalue weighted by atomic mass is 10.1. The van der Waals surface area contributed by atoms with Gasteiger partial charge in [0.15, 0.2) is 0 Å². The van der Waals surface area contributed by atoms with Gasteiger partial charge in [-0.15, -0.1) is 0 Å². The maximum Gasteiger partial charge on any atom is 0.221 e. The number of hydrogen-bond donors (Lipinski definition) is 2. The van der Waals surface area contributed by atoms with E-state index in [-0.39, 0.29) is 11.9 Å². The van der Waals surface area contributed by atoms with Gasteiger partial charge in [0.1, 0.15) is 0 Å². The van der Waals surface area contributed by atoms with Crippen LogP contribution in [0.5, 0.6) is 0 Å². The molecule has 1 amide bonds. The summed E-state index contributed by atoms with van der Waals surface area (Å²) < 4.78 is 0. The van der Waals surface area contributed by atoms with E-state index in [9.17, 15) is 4.79 Å². The second kappa shape index (κ2) is 7.07. The Morgan fingerprint density at radius 1 is 1.35 bits per heavy atom. The molecule has 3 N–H and O–H groups in total. The molecule has 0 aromatic heterocycles. The number of rotatable bonds is 6. The van der Waals surface area contributed by atoms with Crippen molar-refractivity contribution in [3.05, 3.63) is 35.4 Å². The zero-order valence-electron chi connectivity index (χ0n) is 10.7. The van der Waals surface area contributed by atoms with E-state index in [0.717, 1.165) is 18.4 Å². The van der Waals surface area contributed by atoms with Crippen LogP contribution in [0.3, 0.4) is 0 Å². The summed E-state index contributed by atoms with van der Waals surface area (Å²) >= 11 is 0. The van der Waals surface area contributed by atoms with Gasteiger partial charge in [-0.3, -0.25) is 4.79 Å². The van der Waals surface area contributed by atoms with Crippen molar-refractivity contribution >= 4 is 5.91 Å². The fraction of sp³-hybridized carbons (Fsp3) is 0.500. The van der Waals surface area contributed by atoms with E-state index >= 15 is 0 Å². The first kappa shape index (κ1) is 13.7. The molecule has 1 atom stereocenters. The third-order valence-corrected chi connectivity index (χ3v) is 2.72. The first-order chi connectivity index (χ1) is 8.11. The monoisotopic (exact) mass is 234 g/mol. The highest BCUT2D eigenvalue weighted by Crippen LogP contribution is 2.03. The Labute approximate surface area is 103 Å². The number of carbonyl (C=O) groups excluding carboxylic acids is 1. The zero-order chi connectivity index (χ0) is 12.7. The van der Waals surface area contributed by atoms with Gasteiger partial charge in [0.2, 0.25) is 5.91 Å². The molecule has 3 nitrogen and oxygen atoms in total. The minimum atomic E-state index is -0.0157. The Morgan fingerprint density at radius 2 is 2.00 bits per heavy atom. The quantitative estimate of drug-likeness (QED) is 0.792. The molecular formula is C14H22N2O. The van der Waals surface area contributed by atoms with Gasteiger partial charge < -0.3 is 11.1 Å². The van der Waals surface area contributed by atoms with Crippen molar-refractivity contribution in [1.82, 2.24) is 5.32 Å². The normalized spacial score (nSPS) is 12.2. The number of carbonyl (C=O) groups is 1. The van der Waals surface area contributed by atoms with Gasteiger partial charge in [-0.05, 0) is 18.9 Å². The number of nitrogens with one attached hydrogen (secondary N) is 1. The van der Waals surface area contributed by atoms with Crippen LogP contribution in [0.15, 0.2) is 24.3 Å². The largest absolute Gasteiger partial charge is 0.352 e. The van der Waals surface area contributed by atoms with Crippen LogP contribution in [0.2, 0.25) is 0 Å². The lowest BCUT2D eigenvalue weighted by molar-refractivity contribution is -0.121. The molecule has 94 valence electrons. The van der Waals surface area contributed by atoms with Gasteiger partial charge in [0, 0.05) is 19.0 Å². The van der Waals surface area contributed by atoms with Gasteiger partial charge in [0.25, 0.3) is 0 Å². The second-order valence-corrected chi connectivity index (χ2v) is 4.52. The molecule has 0 saturated carbocycles. The first-order valence-electron chi connectivity index (χ1n) is 6.19. The van der Waals surface area contributed by atoms with E-state index < -0.39 is 0 Å². The number of nitrogens with two attached hydrogens (primary N) is 1. The van der Waals surface area contributed by atoms with E-state index in [0.29, 0.717) is 13.0 Å². The van der Waals surface area contributed by atoms with Gasteiger partial charge in [-0.2, -0.15) is 0 Å². The SMILES string of the molecule is CCCC(N)CC(=O)NCc1ccc(C)cc1. The van der Waals surface area contributed by atoms with Crippen molar-refractivity contribution in [3.8, 4) is 0 Å². The highest BCUT2D eigenvalue weighted by atomic mass is 16.1. The summed E-state index contributed by atoms with van der Waals surface area (Å²) in [4.78, 5) is 11.6. The van der Waals surface area contributed by atoms with Crippen LogP contribution in [0, 0.1) is 6.92 Å². The molecule has 0 aliphatic rings. The van der Waals surface area contributed by atoms with Gasteiger partial charge in [0.05, 0.1) is 0 Å². The molecule has 0 fully saturated rings. The summed E-state index contributed by atoms with van der Waals surface area (Å²) in [6, 6.07) is 8.13. The maximum atomic E-state index is 11.6. The molecule has 3 heteroatoms. The van der Waals surface area contributed by atoms with E-state index in [4.69, 9.17) is 5.73 Å². The predicted molar refractivity (Wildman–Crippen MR) is 70.5 cm³/mol. The van der Waals surface area contributed by atoms with Crippen LogP contribution in [-0.2, 0) is 11.3 Å². The fourth-order valence-electron chi connectivity index (χ4n) is 1.69. The summed E-state index contributed by atoms with van der Waals surface area (Å²) in [6.45, 7) is 4.70. The van der Waals surface area contributed by atoms with Gasteiger partial charge >= 0.3 is 0 Å². The smallest absolute Gasteiger partial charge is 0.221 e. The van der Waals surface area contributed by atoms with Gasteiger partial charge in [-0.1, -0.05) is 43.2 Å². The minimum Gasteiger partial charge on any atom is -0.352 e. The predicted octanol–water partition coefficient (Wildman–Crippen LogP) is 2.13. The average molecular weight is 234 g/mol. The van der Waals surface area contributed by atoms with Crippen LogP contribution in [0.4, 0.5) is 0 Å². The topological polar surface area (TPSA) is 55.1 Å². The summed E-state index contributed by atoms with van der Waals surface area (Å²) in [5.74, 6) is 0.0338. The highest BCUT2D eigenvalue weighted by molar-refractivity contribution is 5.76. The summed E-state index contributed by atoms with van der Waals surface area (Å²) in [5, 5.41) is 2.89. The molecule has 0 aliphatic heterocycles. The van der Waals surface area contributed by atoms with Crippen LogP contribution in [0.1, 0.15) is 37.3 Å². The van der Waals surface area contributed by atoms with Crippen molar-refractivity contribution in [2.45, 2.75) is 45.7 Å². The number of amides is 1. The summed E-state index contributed by atoms with van der Waals surface area (Å²) in [5.41, 5.74) is 8.16. The Balaban J connectivity index is 2.30. The molecule has 1 aromatic carbocycles. The number of benzene rings is 1. The Kier molecular flexibility index (Phi) is 5.70. The van der Waals surface area contributed by atoms with E-state index in [1.807, 2.05) is 31.2 Å². The Hall–Kier alpha value is -1.35. The molecule has 0 heterocycles. The fourth-order valence-corrected chi connectivity index (χ4v) is 1.69. The molecule has 0 radical (unpaired) electrons. The molecule has 1 unspecified atom stereocenters. The Morgan fingerprint density at radius 3 is 2.59 bits per heavy atom. The van der Waals surface area contributed by atoms with E-state index in [1.165, 1.54) is 5.56 Å². The van der Waals surface area contributed by atoms with Crippen LogP contribution in [0.25, 0.3) is 0 Å². The second-order valence-electron chi connectivity index (χ2n) is 4.52. The van der Waals surface area contributed by atoms with E-state index in [2.05, 4.69) is 12.2 Å².